The summed E-state index contributed by atoms with van der Waals surface area (Å²) in [5.41, 5.74) is -3.69. The van der Waals surface area contributed by atoms with Crippen LogP contribution in [0.5, 0.6) is 0 Å². The number of nitrogens with one attached hydrogen (secondary N) is 1. The van der Waals surface area contributed by atoms with E-state index in [9.17, 15) is 35.1 Å². The minimum Gasteiger partial charge on any atom is -0.380 e. The molecule has 0 radical (unpaired) electrons. The van der Waals surface area contributed by atoms with Gasteiger partial charge in [0.25, 0.3) is 0 Å². The van der Waals surface area contributed by atoms with E-state index in [1.165, 1.54) is 56.4 Å². The third-order valence-corrected chi connectivity index (χ3v) is 9.03. The van der Waals surface area contributed by atoms with Crippen LogP contribution in [0.25, 0.3) is 10.9 Å². The summed E-state index contributed by atoms with van der Waals surface area (Å²) < 4.78 is 91.1. The van der Waals surface area contributed by atoms with Gasteiger partial charge in [-0.15, -0.1) is 0 Å². The zero-order chi connectivity index (χ0) is 27.2. The van der Waals surface area contributed by atoms with Gasteiger partial charge < -0.3 is 10.1 Å². The van der Waals surface area contributed by atoms with Crippen LogP contribution in [0.4, 0.5) is 13.2 Å². The molecule has 12 heteroatoms. The van der Waals surface area contributed by atoms with Crippen LogP contribution in [-0.2, 0) is 31.5 Å². The van der Waals surface area contributed by atoms with E-state index < -0.39 is 49.7 Å². The summed E-state index contributed by atoms with van der Waals surface area (Å²) in [7, 11) is -7.19. The van der Waals surface area contributed by atoms with Crippen molar-refractivity contribution in [2.45, 2.75) is 67.1 Å². The third kappa shape index (κ3) is 5.92. The van der Waals surface area contributed by atoms with E-state index in [1.54, 1.807) is 6.92 Å². The van der Waals surface area contributed by atoms with Gasteiger partial charge in [-0.25, -0.2) is 21.8 Å². The minimum atomic E-state index is -5.01. The SMILES string of the molecule is CCCS(=O)(=O)c1cc2cc(CC(O)(CC(C)(C)c3cccc(S(C)(=O)=O)c3)C(F)(F)F)[nH]c2cn1. The van der Waals surface area contributed by atoms with Gasteiger partial charge in [0, 0.05) is 23.8 Å². The monoisotopic (exact) mass is 546 g/mol. The Kier molecular flexibility index (Phi) is 7.39. The predicted octanol–water partition coefficient (Wildman–Crippen LogP) is 4.35. The maximum Gasteiger partial charge on any atom is 0.417 e. The molecule has 0 fully saturated rings. The minimum absolute atomic E-state index is 0.0272. The van der Waals surface area contributed by atoms with E-state index in [-0.39, 0.29) is 21.4 Å². The number of benzene rings is 1. The normalized spacial score (nSPS) is 15.2. The van der Waals surface area contributed by atoms with E-state index in [2.05, 4.69) is 9.97 Å². The smallest absolute Gasteiger partial charge is 0.380 e. The number of aliphatic hydroxyl groups is 1. The molecule has 0 aliphatic rings. The summed E-state index contributed by atoms with van der Waals surface area (Å²) in [6.45, 7) is 4.72. The number of alkyl halides is 3. The van der Waals surface area contributed by atoms with Crippen LogP contribution in [0.2, 0.25) is 0 Å². The van der Waals surface area contributed by atoms with Gasteiger partial charge in [-0.05, 0) is 48.1 Å². The lowest BCUT2D eigenvalue weighted by Gasteiger charge is -2.38. The van der Waals surface area contributed by atoms with Crippen LogP contribution in [0.15, 0.2) is 52.5 Å². The Morgan fingerprint density at radius 2 is 1.72 bits per heavy atom. The number of fused-ring (bicyclic) bond motifs is 1. The first-order chi connectivity index (χ1) is 16.4. The summed E-state index contributed by atoms with van der Waals surface area (Å²) >= 11 is 0. The zero-order valence-electron chi connectivity index (χ0n) is 20.3. The van der Waals surface area contributed by atoms with Gasteiger partial charge in [0.2, 0.25) is 0 Å². The summed E-state index contributed by atoms with van der Waals surface area (Å²) in [6, 6.07) is 8.33. The second kappa shape index (κ2) is 9.46. The van der Waals surface area contributed by atoms with Crippen LogP contribution in [0.1, 0.15) is 44.9 Å². The number of sulfone groups is 2. The molecule has 3 rings (SSSR count). The van der Waals surface area contributed by atoms with E-state index >= 15 is 0 Å². The molecule has 3 aromatic rings. The highest BCUT2D eigenvalue weighted by atomic mass is 32.2. The highest BCUT2D eigenvalue weighted by molar-refractivity contribution is 7.91. The number of hydrogen-bond acceptors (Lipinski definition) is 6. The molecular weight excluding hydrogens is 517 g/mol. The van der Waals surface area contributed by atoms with Crippen molar-refractivity contribution in [2.24, 2.45) is 0 Å². The van der Waals surface area contributed by atoms with E-state index in [1.807, 2.05) is 0 Å². The first-order valence-electron chi connectivity index (χ1n) is 11.2. The lowest BCUT2D eigenvalue weighted by Crippen LogP contribution is -2.50. The average molecular weight is 547 g/mol. The molecule has 2 N–H and O–H groups in total. The number of rotatable bonds is 9. The molecule has 0 saturated carbocycles. The molecule has 0 aliphatic heterocycles. The molecular formula is C24H29F3N2O5S2. The van der Waals surface area contributed by atoms with Crippen LogP contribution in [-0.4, -0.2) is 55.7 Å². The van der Waals surface area contributed by atoms with Crippen LogP contribution >= 0.6 is 0 Å². The molecule has 198 valence electrons. The Balaban J connectivity index is 1.98. The van der Waals surface area contributed by atoms with Crippen molar-refractivity contribution in [3.63, 3.8) is 0 Å². The first kappa shape index (κ1) is 28.1. The van der Waals surface area contributed by atoms with Crippen molar-refractivity contribution in [3.05, 3.63) is 53.9 Å². The quantitative estimate of drug-likeness (QED) is 0.412. The van der Waals surface area contributed by atoms with E-state index in [4.69, 9.17) is 0 Å². The van der Waals surface area contributed by atoms with Gasteiger partial charge in [0.15, 0.2) is 30.3 Å². The highest BCUT2D eigenvalue weighted by Gasteiger charge is 2.56. The van der Waals surface area contributed by atoms with Crippen molar-refractivity contribution < 1.29 is 35.1 Å². The van der Waals surface area contributed by atoms with Gasteiger partial charge in [-0.3, -0.25) is 0 Å². The number of hydrogen-bond donors (Lipinski definition) is 2. The predicted molar refractivity (Wildman–Crippen MR) is 130 cm³/mol. The maximum absolute atomic E-state index is 14.2. The maximum atomic E-state index is 14.2. The van der Waals surface area contributed by atoms with Crippen molar-refractivity contribution in [3.8, 4) is 0 Å². The average Bonchev–Trinajstić information content (AvgIpc) is 3.13. The molecule has 1 aromatic carbocycles. The second-order valence-electron chi connectivity index (χ2n) is 9.79. The fourth-order valence-corrected chi connectivity index (χ4v) is 6.20. The van der Waals surface area contributed by atoms with Crippen molar-refractivity contribution in [1.82, 2.24) is 9.97 Å². The van der Waals surface area contributed by atoms with Gasteiger partial charge in [-0.2, -0.15) is 13.2 Å². The Labute approximate surface area is 208 Å². The molecule has 0 bridgehead atoms. The number of pyridine rings is 1. The standard InChI is InChI=1S/C24H29F3N2O5S2/c1-5-9-36(33,34)21-11-16-10-18(29-20(16)14-28-21)13-23(30,24(25,26)27)15-22(2,3)17-7-6-8-19(12-17)35(4,31)32/h6-8,10-12,14,29-30H,5,9,13,15H2,1-4H3. The Hall–Kier alpha value is -2.44. The molecule has 2 aromatic heterocycles. The number of halogens is 3. The summed E-state index contributed by atoms with van der Waals surface area (Å²) in [5.74, 6) is -0.105. The van der Waals surface area contributed by atoms with E-state index in [0.717, 1.165) is 6.26 Å². The van der Waals surface area contributed by atoms with Gasteiger partial charge in [-0.1, -0.05) is 32.9 Å². The Bertz CT molecular complexity index is 1480. The van der Waals surface area contributed by atoms with Crippen molar-refractivity contribution in [1.29, 1.82) is 0 Å². The van der Waals surface area contributed by atoms with Crippen molar-refractivity contribution >= 4 is 30.6 Å². The second-order valence-corrected chi connectivity index (χ2v) is 13.9. The Morgan fingerprint density at radius 1 is 1.06 bits per heavy atom. The molecule has 1 atom stereocenters. The number of H-pyrrole nitrogens is 1. The van der Waals surface area contributed by atoms with E-state index in [0.29, 0.717) is 22.9 Å². The molecule has 0 saturated heterocycles. The molecule has 1 unspecified atom stereocenters. The first-order valence-corrected chi connectivity index (χ1v) is 14.7. The molecule has 0 amide bonds. The van der Waals surface area contributed by atoms with Crippen LogP contribution in [0.3, 0.4) is 0 Å². The topological polar surface area (TPSA) is 117 Å². The molecule has 0 spiro atoms. The lowest BCUT2D eigenvalue weighted by molar-refractivity contribution is -0.266. The van der Waals surface area contributed by atoms with Crippen LogP contribution < -0.4 is 0 Å². The number of aromatic amines is 1. The lowest BCUT2D eigenvalue weighted by atomic mass is 9.73. The fourth-order valence-electron chi connectivity index (χ4n) is 4.27. The molecule has 7 nitrogen and oxygen atoms in total. The highest BCUT2D eigenvalue weighted by Crippen LogP contribution is 2.43. The number of nitrogens with zero attached hydrogens (tertiary/aromatic N) is 1. The summed E-state index contributed by atoms with van der Waals surface area (Å²) in [5, 5.41) is 11.1. The van der Waals surface area contributed by atoms with Crippen molar-refractivity contribution in [2.75, 3.05) is 12.0 Å². The van der Waals surface area contributed by atoms with Gasteiger partial charge >= 0.3 is 6.18 Å². The summed E-state index contributed by atoms with van der Waals surface area (Å²) in [4.78, 5) is 6.69. The molecule has 2 heterocycles. The molecule has 36 heavy (non-hydrogen) atoms. The largest absolute Gasteiger partial charge is 0.417 e. The van der Waals surface area contributed by atoms with Crippen LogP contribution in [0, 0.1) is 0 Å². The number of aromatic nitrogens is 2. The molecule has 0 aliphatic carbocycles. The fraction of sp³-hybridized carbons (Fsp3) is 0.458. The summed E-state index contributed by atoms with van der Waals surface area (Å²) in [6.07, 6.45) is -3.94. The van der Waals surface area contributed by atoms with Gasteiger partial charge in [0.05, 0.1) is 22.4 Å². The zero-order valence-corrected chi connectivity index (χ0v) is 22.0. The van der Waals surface area contributed by atoms with Gasteiger partial charge in [0.1, 0.15) is 0 Å². The third-order valence-electron chi connectivity index (χ3n) is 6.12. The Morgan fingerprint density at radius 3 is 2.31 bits per heavy atom.